The SMILES string of the molecule is C=C/C(=C\C=C/C)C(=N)/C=C(\N)[C@H]1C=CC=CC1. The van der Waals surface area contributed by atoms with E-state index in [0.717, 1.165) is 12.0 Å². The summed E-state index contributed by atoms with van der Waals surface area (Å²) in [5.74, 6) is 0.197. The van der Waals surface area contributed by atoms with Crippen molar-refractivity contribution in [2.75, 3.05) is 0 Å². The Morgan fingerprint density at radius 2 is 2.22 bits per heavy atom. The number of rotatable bonds is 5. The van der Waals surface area contributed by atoms with Crippen LogP contribution in [-0.4, -0.2) is 5.71 Å². The number of hydrogen-bond acceptors (Lipinski definition) is 2. The first kappa shape index (κ1) is 14.0. The Morgan fingerprint density at radius 1 is 1.44 bits per heavy atom. The summed E-state index contributed by atoms with van der Waals surface area (Å²) in [6.07, 6.45) is 18.1. The molecule has 1 rings (SSSR count). The van der Waals surface area contributed by atoms with Gasteiger partial charge in [-0.15, -0.1) is 0 Å². The molecule has 0 saturated heterocycles. The smallest absolute Gasteiger partial charge is 0.0629 e. The van der Waals surface area contributed by atoms with Gasteiger partial charge in [0.25, 0.3) is 0 Å². The lowest BCUT2D eigenvalue weighted by molar-refractivity contribution is 0.757. The van der Waals surface area contributed by atoms with Crippen molar-refractivity contribution < 1.29 is 0 Å². The highest BCUT2D eigenvalue weighted by Crippen LogP contribution is 2.17. The van der Waals surface area contributed by atoms with Gasteiger partial charge in [-0.2, -0.15) is 0 Å². The Hall–Kier alpha value is -2.09. The quantitative estimate of drug-likeness (QED) is 0.559. The lowest BCUT2D eigenvalue weighted by Gasteiger charge is -2.13. The molecule has 18 heavy (non-hydrogen) atoms. The van der Waals surface area contributed by atoms with Crippen molar-refractivity contribution >= 4 is 5.71 Å². The molecule has 0 amide bonds. The van der Waals surface area contributed by atoms with E-state index in [9.17, 15) is 0 Å². The minimum atomic E-state index is 0.197. The van der Waals surface area contributed by atoms with Gasteiger partial charge in [-0.3, -0.25) is 0 Å². The van der Waals surface area contributed by atoms with Gasteiger partial charge >= 0.3 is 0 Å². The van der Waals surface area contributed by atoms with Crippen LogP contribution in [0, 0.1) is 11.3 Å². The number of nitrogens with two attached hydrogens (primary N) is 1. The molecule has 0 aromatic rings. The minimum Gasteiger partial charge on any atom is -0.401 e. The molecule has 94 valence electrons. The highest BCUT2D eigenvalue weighted by molar-refractivity contribution is 6.08. The average molecular weight is 240 g/mol. The Bertz CT molecular complexity index is 459. The molecule has 0 bridgehead atoms. The monoisotopic (exact) mass is 240 g/mol. The van der Waals surface area contributed by atoms with Gasteiger partial charge < -0.3 is 11.1 Å². The Kier molecular flexibility index (Phi) is 5.65. The Labute approximate surface area is 109 Å². The lowest BCUT2D eigenvalue weighted by Crippen LogP contribution is -2.12. The number of nitrogens with one attached hydrogen (secondary N) is 1. The van der Waals surface area contributed by atoms with Crippen molar-refractivity contribution in [1.29, 1.82) is 5.41 Å². The maximum absolute atomic E-state index is 8.00. The molecule has 0 fully saturated rings. The third-order valence-electron chi connectivity index (χ3n) is 2.72. The second-order valence-electron chi connectivity index (χ2n) is 4.07. The second-order valence-corrected chi connectivity index (χ2v) is 4.07. The molecular formula is C16H20N2. The topological polar surface area (TPSA) is 49.9 Å². The van der Waals surface area contributed by atoms with Crippen LogP contribution in [-0.2, 0) is 0 Å². The Morgan fingerprint density at radius 3 is 2.78 bits per heavy atom. The van der Waals surface area contributed by atoms with E-state index in [1.165, 1.54) is 0 Å². The van der Waals surface area contributed by atoms with E-state index in [1.54, 1.807) is 12.2 Å². The van der Waals surface area contributed by atoms with E-state index in [0.29, 0.717) is 11.4 Å². The van der Waals surface area contributed by atoms with E-state index in [-0.39, 0.29) is 5.92 Å². The molecule has 0 saturated carbocycles. The van der Waals surface area contributed by atoms with Gasteiger partial charge in [0.1, 0.15) is 0 Å². The normalized spacial score (nSPS) is 20.4. The summed E-state index contributed by atoms with van der Waals surface area (Å²) in [6.45, 7) is 5.65. The maximum Gasteiger partial charge on any atom is 0.0629 e. The number of hydrogen-bond donors (Lipinski definition) is 2. The summed E-state index contributed by atoms with van der Waals surface area (Å²) < 4.78 is 0. The molecule has 0 radical (unpaired) electrons. The van der Waals surface area contributed by atoms with Gasteiger partial charge in [-0.25, -0.2) is 0 Å². The van der Waals surface area contributed by atoms with E-state index >= 15 is 0 Å². The van der Waals surface area contributed by atoms with Crippen molar-refractivity contribution in [3.63, 3.8) is 0 Å². The molecule has 1 aliphatic rings. The van der Waals surface area contributed by atoms with Crippen molar-refractivity contribution in [2.45, 2.75) is 13.3 Å². The van der Waals surface area contributed by atoms with Crippen LogP contribution in [0.2, 0.25) is 0 Å². The molecule has 0 spiro atoms. The predicted octanol–water partition coefficient (Wildman–Crippen LogP) is 3.67. The molecule has 1 atom stereocenters. The second kappa shape index (κ2) is 7.28. The van der Waals surface area contributed by atoms with E-state index in [1.807, 2.05) is 37.3 Å². The molecule has 0 unspecified atom stereocenters. The third kappa shape index (κ3) is 4.06. The van der Waals surface area contributed by atoms with Crippen molar-refractivity contribution in [2.24, 2.45) is 11.7 Å². The largest absolute Gasteiger partial charge is 0.401 e. The van der Waals surface area contributed by atoms with Crippen LogP contribution in [0.3, 0.4) is 0 Å². The van der Waals surface area contributed by atoms with Crippen LogP contribution >= 0.6 is 0 Å². The summed E-state index contributed by atoms with van der Waals surface area (Å²) in [7, 11) is 0. The predicted molar refractivity (Wildman–Crippen MR) is 79.5 cm³/mol. The van der Waals surface area contributed by atoms with Gasteiger partial charge in [-0.05, 0) is 25.0 Å². The van der Waals surface area contributed by atoms with Crippen LogP contribution in [0.4, 0.5) is 0 Å². The summed E-state index contributed by atoms with van der Waals surface area (Å²) in [4.78, 5) is 0. The van der Waals surface area contributed by atoms with E-state index in [4.69, 9.17) is 11.1 Å². The van der Waals surface area contributed by atoms with Crippen molar-refractivity contribution in [1.82, 2.24) is 0 Å². The molecular weight excluding hydrogens is 220 g/mol. The lowest BCUT2D eigenvalue weighted by atomic mass is 9.95. The fraction of sp³-hybridized carbons (Fsp3) is 0.188. The van der Waals surface area contributed by atoms with Gasteiger partial charge in [0, 0.05) is 11.6 Å². The van der Waals surface area contributed by atoms with E-state index < -0.39 is 0 Å². The van der Waals surface area contributed by atoms with Crippen LogP contribution < -0.4 is 5.73 Å². The molecule has 0 aromatic carbocycles. The molecule has 0 aliphatic heterocycles. The molecule has 2 heteroatoms. The first-order chi connectivity index (χ1) is 8.69. The Balaban J connectivity index is 2.81. The van der Waals surface area contributed by atoms with Crippen molar-refractivity contribution in [3.8, 4) is 0 Å². The zero-order valence-electron chi connectivity index (χ0n) is 10.8. The zero-order chi connectivity index (χ0) is 13.4. The minimum absolute atomic E-state index is 0.197. The standard InChI is InChI=1S/C16H20N2/c1-3-5-9-13(4-2)15(17)12-16(18)14-10-7-6-8-11-14/h3-10,12,14,17H,2,11,18H2,1H3/b5-3-,13-9+,16-12-,17-15?/t14-/m0/s1. The van der Waals surface area contributed by atoms with Gasteiger partial charge in [0.15, 0.2) is 0 Å². The maximum atomic E-state index is 8.00. The zero-order valence-corrected chi connectivity index (χ0v) is 10.8. The van der Waals surface area contributed by atoms with E-state index in [2.05, 4.69) is 18.7 Å². The summed E-state index contributed by atoms with van der Waals surface area (Å²) in [5, 5.41) is 8.00. The molecule has 0 heterocycles. The summed E-state index contributed by atoms with van der Waals surface area (Å²) in [6, 6.07) is 0. The highest BCUT2D eigenvalue weighted by atomic mass is 14.6. The highest BCUT2D eigenvalue weighted by Gasteiger charge is 2.09. The third-order valence-corrected chi connectivity index (χ3v) is 2.72. The first-order valence-corrected chi connectivity index (χ1v) is 6.03. The van der Waals surface area contributed by atoms with Crippen LogP contribution in [0.1, 0.15) is 13.3 Å². The summed E-state index contributed by atoms with van der Waals surface area (Å²) >= 11 is 0. The first-order valence-electron chi connectivity index (χ1n) is 6.03. The average Bonchev–Trinajstić information content (AvgIpc) is 2.40. The van der Waals surface area contributed by atoms with Gasteiger partial charge in [0.05, 0.1) is 5.71 Å². The fourth-order valence-electron chi connectivity index (χ4n) is 1.65. The number of allylic oxidation sites excluding steroid dienone is 10. The van der Waals surface area contributed by atoms with Crippen LogP contribution in [0.5, 0.6) is 0 Å². The van der Waals surface area contributed by atoms with Gasteiger partial charge in [-0.1, -0.05) is 55.2 Å². The molecule has 3 N–H and O–H groups in total. The fourth-order valence-corrected chi connectivity index (χ4v) is 1.65. The molecule has 2 nitrogen and oxygen atoms in total. The summed E-state index contributed by atoms with van der Waals surface area (Å²) in [5.41, 5.74) is 7.90. The molecule has 0 aromatic heterocycles. The van der Waals surface area contributed by atoms with Gasteiger partial charge in [0.2, 0.25) is 0 Å². The van der Waals surface area contributed by atoms with Crippen molar-refractivity contribution in [3.05, 3.63) is 72.5 Å². The van der Waals surface area contributed by atoms with Crippen LogP contribution in [0.15, 0.2) is 72.5 Å². The van der Waals surface area contributed by atoms with Crippen LogP contribution in [0.25, 0.3) is 0 Å². The molecule has 1 aliphatic carbocycles.